The zero-order valence-corrected chi connectivity index (χ0v) is 15.3. The maximum Gasteiger partial charge on any atom is 0.246 e. The van der Waals surface area contributed by atoms with Crippen molar-refractivity contribution in [2.45, 2.75) is 49.2 Å². The molecule has 132 valence electrons. The molecule has 0 atom stereocenters. The molecule has 2 aromatic rings. The smallest absolute Gasteiger partial charge is 0.246 e. The quantitative estimate of drug-likeness (QED) is 0.908. The number of aromatic nitrogens is 1. The van der Waals surface area contributed by atoms with Gasteiger partial charge in [0.2, 0.25) is 5.91 Å². The second kappa shape index (κ2) is 6.59. The minimum Gasteiger partial charge on any atom is -0.323 e. The van der Waals surface area contributed by atoms with E-state index in [1.807, 2.05) is 13.0 Å². The van der Waals surface area contributed by atoms with Crippen molar-refractivity contribution >= 4 is 21.4 Å². The van der Waals surface area contributed by atoms with Crippen molar-refractivity contribution in [3.05, 3.63) is 53.9 Å². The molecule has 1 saturated carbocycles. The molecule has 1 aromatic carbocycles. The molecule has 1 aliphatic rings. The molecule has 0 bridgehead atoms. The third-order valence-corrected chi connectivity index (χ3v) is 7.53. The van der Waals surface area contributed by atoms with Crippen molar-refractivity contribution < 1.29 is 13.2 Å². The van der Waals surface area contributed by atoms with E-state index >= 15 is 0 Å². The lowest BCUT2D eigenvalue weighted by Gasteiger charge is -2.28. The van der Waals surface area contributed by atoms with E-state index in [1.165, 1.54) is 6.20 Å². The van der Waals surface area contributed by atoms with Crippen molar-refractivity contribution in [1.29, 1.82) is 0 Å². The summed E-state index contributed by atoms with van der Waals surface area (Å²) in [5.41, 5.74) is 2.05. The van der Waals surface area contributed by atoms with Gasteiger partial charge in [-0.25, -0.2) is 8.42 Å². The van der Waals surface area contributed by atoms with Crippen LogP contribution in [0.4, 0.5) is 5.69 Å². The second-order valence-electron chi connectivity index (χ2n) is 6.67. The van der Waals surface area contributed by atoms with E-state index < -0.39 is 20.5 Å². The standard InChI is InChI=1S/C19H22N2O3S/c1-14-7-8-15(2)17(12-14)25(23,24)19(9-3-4-10-19)18(22)21-16-6-5-11-20-13-16/h5-8,11-13H,3-4,9-10H2,1-2H3,(H,21,22). The molecule has 1 N–H and O–H groups in total. The van der Waals surface area contributed by atoms with Gasteiger partial charge >= 0.3 is 0 Å². The van der Waals surface area contributed by atoms with E-state index in [0.717, 1.165) is 18.4 Å². The van der Waals surface area contributed by atoms with E-state index in [2.05, 4.69) is 10.3 Å². The molecule has 0 spiro atoms. The minimum absolute atomic E-state index is 0.260. The van der Waals surface area contributed by atoms with Crippen LogP contribution >= 0.6 is 0 Å². The Morgan fingerprint density at radius 1 is 1.16 bits per heavy atom. The Kier molecular flexibility index (Phi) is 4.64. The molecule has 1 aromatic heterocycles. The normalized spacial score (nSPS) is 16.6. The zero-order valence-electron chi connectivity index (χ0n) is 14.5. The van der Waals surface area contributed by atoms with E-state index in [-0.39, 0.29) is 4.90 Å². The highest BCUT2D eigenvalue weighted by Gasteiger charge is 2.53. The number of aryl methyl sites for hydroxylation is 2. The van der Waals surface area contributed by atoms with Gasteiger partial charge in [-0.3, -0.25) is 9.78 Å². The topological polar surface area (TPSA) is 76.1 Å². The average Bonchev–Trinajstić information content (AvgIpc) is 3.09. The van der Waals surface area contributed by atoms with Crippen LogP contribution in [0.3, 0.4) is 0 Å². The maximum atomic E-state index is 13.5. The Morgan fingerprint density at radius 2 is 1.88 bits per heavy atom. The number of anilines is 1. The highest BCUT2D eigenvalue weighted by Crippen LogP contribution is 2.42. The molecule has 5 nitrogen and oxygen atoms in total. The summed E-state index contributed by atoms with van der Waals surface area (Å²) in [5.74, 6) is -0.459. The van der Waals surface area contributed by atoms with Crippen LogP contribution in [0.25, 0.3) is 0 Å². The molecule has 0 saturated heterocycles. The van der Waals surface area contributed by atoms with Crippen molar-refractivity contribution in [1.82, 2.24) is 4.98 Å². The Bertz CT molecular complexity index is 886. The molecular formula is C19H22N2O3S. The summed E-state index contributed by atoms with van der Waals surface area (Å²) in [6, 6.07) is 8.76. The molecule has 1 fully saturated rings. The number of pyridine rings is 1. The lowest BCUT2D eigenvalue weighted by molar-refractivity contribution is -0.118. The highest BCUT2D eigenvalue weighted by atomic mass is 32.2. The minimum atomic E-state index is -3.81. The number of sulfone groups is 1. The lowest BCUT2D eigenvalue weighted by Crippen LogP contribution is -2.47. The van der Waals surface area contributed by atoms with Gasteiger partial charge in [0.05, 0.1) is 16.8 Å². The first kappa shape index (κ1) is 17.6. The van der Waals surface area contributed by atoms with Gasteiger partial charge in [-0.1, -0.05) is 25.0 Å². The van der Waals surface area contributed by atoms with Crippen LogP contribution in [0.2, 0.25) is 0 Å². The monoisotopic (exact) mass is 358 g/mol. The summed E-state index contributed by atoms with van der Waals surface area (Å²) in [5, 5.41) is 2.75. The van der Waals surface area contributed by atoms with E-state index in [0.29, 0.717) is 24.1 Å². The molecule has 0 aliphatic heterocycles. The van der Waals surface area contributed by atoms with Crippen LogP contribution in [-0.2, 0) is 14.6 Å². The molecule has 0 unspecified atom stereocenters. The summed E-state index contributed by atoms with van der Waals surface area (Å²) >= 11 is 0. The zero-order chi connectivity index (χ0) is 18.1. The van der Waals surface area contributed by atoms with Gasteiger partial charge in [-0.15, -0.1) is 0 Å². The van der Waals surface area contributed by atoms with Crippen LogP contribution in [0.5, 0.6) is 0 Å². The first-order chi connectivity index (χ1) is 11.9. The molecule has 25 heavy (non-hydrogen) atoms. The lowest BCUT2D eigenvalue weighted by atomic mass is 10.1. The predicted octanol–water partition coefficient (Wildman–Crippen LogP) is 3.42. The SMILES string of the molecule is Cc1ccc(C)c(S(=O)(=O)C2(C(=O)Nc3cccnc3)CCCC2)c1. The molecule has 1 amide bonds. The summed E-state index contributed by atoms with van der Waals surface area (Å²) in [6.45, 7) is 3.63. The summed E-state index contributed by atoms with van der Waals surface area (Å²) < 4.78 is 25.6. The Morgan fingerprint density at radius 3 is 2.52 bits per heavy atom. The average molecular weight is 358 g/mol. The molecule has 6 heteroatoms. The van der Waals surface area contributed by atoms with Gasteiger partial charge in [-0.05, 0) is 56.0 Å². The number of nitrogens with zero attached hydrogens (tertiary/aromatic N) is 1. The van der Waals surface area contributed by atoms with Gasteiger partial charge in [0, 0.05) is 6.20 Å². The van der Waals surface area contributed by atoms with Crippen LogP contribution in [0.1, 0.15) is 36.8 Å². The fourth-order valence-electron chi connectivity index (χ4n) is 3.45. The maximum absolute atomic E-state index is 13.5. The largest absolute Gasteiger partial charge is 0.323 e. The first-order valence-electron chi connectivity index (χ1n) is 8.40. The van der Waals surface area contributed by atoms with Crippen molar-refractivity contribution in [2.24, 2.45) is 0 Å². The van der Waals surface area contributed by atoms with Crippen LogP contribution in [-0.4, -0.2) is 24.1 Å². The molecule has 0 radical (unpaired) electrons. The third kappa shape index (κ3) is 3.06. The second-order valence-corrected chi connectivity index (χ2v) is 8.90. The number of amides is 1. The number of nitrogens with one attached hydrogen (secondary N) is 1. The van der Waals surface area contributed by atoms with Gasteiger partial charge in [0.1, 0.15) is 0 Å². The van der Waals surface area contributed by atoms with Crippen LogP contribution in [0.15, 0.2) is 47.6 Å². The number of hydrogen-bond acceptors (Lipinski definition) is 4. The number of hydrogen-bond donors (Lipinski definition) is 1. The predicted molar refractivity (Wildman–Crippen MR) is 97.2 cm³/mol. The van der Waals surface area contributed by atoms with E-state index in [4.69, 9.17) is 0 Å². The van der Waals surface area contributed by atoms with Gasteiger partial charge in [0.15, 0.2) is 14.6 Å². The Hall–Kier alpha value is -2.21. The van der Waals surface area contributed by atoms with Crippen molar-refractivity contribution in [2.75, 3.05) is 5.32 Å². The van der Waals surface area contributed by atoms with E-state index in [1.54, 1.807) is 37.4 Å². The fourth-order valence-corrected chi connectivity index (χ4v) is 5.83. The van der Waals surface area contributed by atoms with E-state index in [9.17, 15) is 13.2 Å². The fraction of sp³-hybridized carbons (Fsp3) is 0.368. The summed E-state index contributed by atoms with van der Waals surface area (Å²) in [7, 11) is -3.81. The van der Waals surface area contributed by atoms with Crippen molar-refractivity contribution in [3.8, 4) is 0 Å². The van der Waals surface area contributed by atoms with Gasteiger partial charge in [0.25, 0.3) is 0 Å². The number of carbonyl (C=O) groups is 1. The highest BCUT2D eigenvalue weighted by molar-refractivity contribution is 7.93. The first-order valence-corrected chi connectivity index (χ1v) is 9.88. The number of carbonyl (C=O) groups excluding carboxylic acids is 1. The molecule has 3 rings (SSSR count). The molecule has 1 heterocycles. The number of benzene rings is 1. The third-order valence-electron chi connectivity index (χ3n) is 4.89. The molecular weight excluding hydrogens is 336 g/mol. The summed E-state index contributed by atoms with van der Waals surface area (Å²) in [4.78, 5) is 17.3. The van der Waals surface area contributed by atoms with Crippen LogP contribution < -0.4 is 5.32 Å². The Labute approximate surface area is 148 Å². The van der Waals surface area contributed by atoms with Crippen molar-refractivity contribution in [3.63, 3.8) is 0 Å². The molecule has 1 aliphatic carbocycles. The van der Waals surface area contributed by atoms with Crippen LogP contribution in [0, 0.1) is 13.8 Å². The Balaban J connectivity index is 2.05. The summed E-state index contributed by atoms with van der Waals surface area (Å²) in [6.07, 6.45) is 5.26. The number of rotatable bonds is 4. The van der Waals surface area contributed by atoms with Gasteiger partial charge in [-0.2, -0.15) is 0 Å². The van der Waals surface area contributed by atoms with Gasteiger partial charge < -0.3 is 5.32 Å².